The zero-order valence-electron chi connectivity index (χ0n) is 7.77. The Balaban J connectivity index is 1.91. The van der Waals surface area contributed by atoms with Gasteiger partial charge in [-0.15, -0.1) is 11.8 Å². The maximum absolute atomic E-state index is 8.51. The molecule has 4 heteroatoms. The van der Waals surface area contributed by atoms with E-state index in [1.165, 1.54) is 4.90 Å². The smallest absolute Gasteiger partial charge is 0.0611 e. The third-order valence-corrected chi connectivity index (χ3v) is 3.27. The Morgan fingerprint density at radius 1 is 1.36 bits per heavy atom. The summed E-state index contributed by atoms with van der Waals surface area (Å²) in [6.07, 6.45) is 0. The predicted molar refractivity (Wildman–Crippen MR) is 55.5 cm³/mol. The summed E-state index contributed by atoms with van der Waals surface area (Å²) in [5.41, 5.74) is 3.22. The van der Waals surface area contributed by atoms with Gasteiger partial charge in [0.25, 0.3) is 0 Å². The maximum atomic E-state index is 8.51. The molecule has 0 spiro atoms. The van der Waals surface area contributed by atoms with Crippen molar-refractivity contribution in [3.8, 4) is 0 Å². The SMILES string of the molecule is ONCc1ccc(SC2COC2)cc1. The van der Waals surface area contributed by atoms with E-state index in [0.717, 1.165) is 18.8 Å². The van der Waals surface area contributed by atoms with Crippen LogP contribution in [0, 0.1) is 0 Å². The van der Waals surface area contributed by atoms with Gasteiger partial charge in [-0.25, -0.2) is 5.48 Å². The highest BCUT2D eigenvalue weighted by Gasteiger charge is 2.19. The summed E-state index contributed by atoms with van der Waals surface area (Å²) in [5, 5.41) is 9.13. The first-order chi connectivity index (χ1) is 6.88. The highest BCUT2D eigenvalue weighted by atomic mass is 32.2. The largest absolute Gasteiger partial charge is 0.379 e. The Labute approximate surface area is 87.4 Å². The fraction of sp³-hybridized carbons (Fsp3) is 0.400. The van der Waals surface area contributed by atoms with Crippen molar-refractivity contribution in [1.82, 2.24) is 5.48 Å². The Morgan fingerprint density at radius 3 is 2.57 bits per heavy atom. The van der Waals surface area contributed by atoms with E-state index in [1.807, 2.05) is 23.9 Å². The van der Waals surface area contributed by atoms with Gasteiger partial charge in [0.2, 0.25) is 0 Å². The highest BCUT2D eigenvalue weighted by Crippen LogP contribution is 2.27. The van der Waals surface area contributed by atoms with E-state index in [-0.39, 0.29) is 0 Å². The van der Waals surface area contributed by atoms with E-state index in [1.54, 1.807) is 0 Å². The normalized spacial score (nSPS) is 16.6. The summed E-state index contributed by atoms with van der Waals surface area (Å²) in [5.74, 6) is 0. The molecule has 1 aromatic carbocycles. The third kappa shape index (κ3) is 2.48. The number of hydrogen-bond donors (Lipinski definition) is 2. The van der Waals surface area contributed by atoms with Gasteiger partial charge in [0.05, 0.1) is 18.5 Å². The molecule has 0 atom stereocenters. The van der Waals surface area contributed by atoms with Gasteiger partial charge in [0.1, 0.15) is 0 Å². The number of thioether (sulfide) groups is 1. The zero-order chi connectivity index (χ0) is 9.80. The van der Waals surface area contributed by atoms with Crippen LogP contribution in [0.4, 0.5) is 0 Å². The van der Waals surface area contributed by atoms with Crippen LogP contribution in [0.2, 0.25) is 0 Å². The molecule has 1 aromatic rings. The average Bonchev–Trinajstić information content (AvgIpc) is 2.14. The number of benzene rings is 1. The second-order valence-electron chi connectivity index (χ2n) is 3.26. The van der Waals surface area contributed by atoms with Crippen molar-refractivity contribution in [3.63, 3.8) is 0 Å². The van der Waals surface area contributed by atoms with E-state index < -0.39 is 0 Å². The molecule has 76 valence electrons. The summed E-state index contributed by atoms with van der Waals surface area (Å²) >= 11 is 1.85. The van der Waals surface area contributed by atoms with Crippen molar-refractivity contribution in [1.29, 1.82) is 0 Å². The van der Waals surface area contributed by atoms with Crippen molar-refractivity contribution in [2.24, 2.45) is 0 Å². The summed E-state index contributed by atoms with van der Waals surface area (Å²) in [4.78, 5) is 1.26. The zero-order valence-corrected chi connectivity index (χ0v) is 8.59. The van der Waals surface area contributed by atoms with Crippen molar-refractivity contribution in [2.45, 2.75) is 16.7 Å². The molecular weight excluding hydrogens is 198 g/mol. The number of hydrogen-bond acceptors (Lipinski definition) is 4. The van der Waals surface area contributed by atoms with Gasteiger partial charge in [-0.2, -0.15) is 0 Å². The molecule has 0 unspecified atom stereocenters. The highest BCUT2D eigenvalue weighted by molar-refractivity contribution is 8.00. The van der Waals surface area contributed by atoms with Gasteiger partial charge in [-0.1, -0.05) is 12.1 Å². The third-order valence-electron chi connectivity index (χ3n) is 2.12. The number of nitrogens with one attached hydrogen (secondary N) is 1. The molecule has 1 heterocycles. The number of hydroxylamine groups is 1. The molecule has 0 saturated carbocycles. The van der Waals surface area contributed by atoms with Crippen molar-refractivity contribution >= 4 is 11.8 Å². The van der Waals surface area contributed by atoms with Gasteiger partial charge in [-0.05, 0) is 17.7 Å². The van der Waals surface area contributed by atoms with Crippen LogP contribution < -0.4 is 5.48 Å². The monoisotopic (exact) mass is 211 g/mol. The lowest BCUT2D eigenvalue weighted by molar-refractivity contribution is 0.0455. The van der Waals surface area contributed by atoms with E-state index in [0.29, 0.717) is 11.8 Å². The van der Waals surface area contributed by atoms with Crippen LogP contribution in [0.3, 0.4) is 0 Å². The Kier molecular flexibility index (Phi) is 3.42. The first-order valence-corrected chi connectivity index (χ1v) is 5.47. The summed E-state index contributed by atoms with van der Waals surface area (Å²) in [6.45, 7) is 2.23. The molecule has 2 rings (SSSR count). The lowest BCUT2D eigenvalue weighted by atomic mass is 10.2. The average molecular weight is 211 g/mol. The van der Waals surface area contributed by atoms with Crippen LogP contribution in [0.1, 0.15) is 5.56 Å². The van der Waals surface area contributed by atoms with Crippen LogP contribution >= 0.6 is 11.8 Å². The van der Waals surface area contributed by atoms with Gasteiger partial charge < -0.3 is 9.94 Å². The van der Waals surface area contributed by atoms with E-state index in [2.05, 4.69) is 17.6 Å². The van der Waals surface area contributed by atoms with Crippen LogP contribution in [0.15, 0.2) is 29.2 Å². The van der Waals surface area contributed by atoms with Gasteiger partial charge >= 0.3 is 0 Å². The molecule has 2 N–H and O–H groups in total. The summed E-state index contributed by atoms with van der Waals surface area (Å²) < 4.78 is 5.11. The molecule has 0 amide bonds. The van der Waals surface area contributed by atoms with Crippen molar-refractivity contribution < 1.29 is 9.94 Å². The number of ether oxygens (including phenoxy) is 1. The molecule has 14 heavy (non-hydrogen) atoms. The lowest BCUT2D eigenvalue weighted by Crippen LogP contribution is -2.29. The van der Waals surface area contributed by atoms with E-state index >= 15 is 0 Å². The molecule has 0 aromatic heterocycles. The van der Waals surface area contributed by atoms with Gasteiger partial charge in [0, 0.05) is 11.4 Å². The van der Waals surface area contributed by atoms with Crippen LogP contribution in [0.25, 0.3) is 0 Å². The minimum atomic E-state index is 0.498. The lowest BCUT2D eigenvalue weighted by Gasteiger charge is -2.25. The molecule has 1 fully saturated rings. The molecule has 0 aliphatic carbocycles. The first-order valence-electron chi connectivity index (χ1n) is 4.59. The van der Waals surface area contributed by atoms with Crippen molar-refractivity contribution in [2.75, 3.05) is 13.2 Å². The minimum Gasteiger partial charge on any atom is -0.379 e. The predicted octanol–water partition coefficient (Wildman–Crippen LogP) is 1.66. The standard InChI is InChI=1S/C10H13NO2S/c12-11-5-8-1-3-9(4-2-8)14-10-6-13-7-10/h1-4,10-12H,5-7H2. The van der Waals surface area contributed by atoms with Gasteiger partial charge in [-0.3, -0.25) is 0 Å². The topological polar surface area (TPSA) is 41.5 Å². The van der Waals surface area contributed by atoms with E-state index in [9.17, 15) is 0 Å². The maximum Gasteiger partial charge on any atom is 0.0611 e. The Morgan fingerprint density at radius 2 is 2.07 bits per heavy atom. The van der Waals surface area contributed by atoms with Crippen LogP contribution in [-0.4, -0.2) is 23.7 Å². The first kappa shape index (κ1) is 9.98. The molecule has 1 aliphatic rings. The summed E-state index contributed by atoms with van der Waals surface area (Å²) in [7, 11) is 0. The molecule has 1 saturated heterocycles. The summed E-state index contributed by atoms with van der Waals surface area (Å²) in [6, 6.07) is 8.20. The molecule has 0 radical (unpaired) electrons. The van der Waals surface area contributed by atoms with Crippen LogP contribution in [-0.2, 0) is 11.3 Å². The molecule has 0 bridgehead atoms. The minimum absolute atomic E-state index is 0.498. The Bertz CT molecular complexity index is 285. The Hall–Kier alpha value is -0.550. The van der Waals surface area contributed by atoms with E-state index in [4.69, 9.17) is 9.94 Å². The second-order valence-corrected chi connectivity index (χ2v) is 4.63. The quantitative estimate of drug-likeness (QED) is 0.743. The van der Waals surface area contributed by atoms with Gasteiger partial charge in [0.15, 0.2) is 0 Å². The van der Waals surface area contributed by atoms with Crippen LogP contribution in [0.5, 0.6) is 0 Å². The molecule has 3 nitrogen and oxygen atoms in total. The van der Waals surface area contributed by atoms with Crippen molar-refractivity contribution in [3.05, 3.63) is 29.8 Å². The number of rotatable bonds is 4. The fourth-order valence-corrected chi connectivity index (χ4v) is 2.26. The second kappa shape index (κ2) is 4.79. The molecular formula is C10H13NO2S. The fourth-order valence-electron chi connectivity index (χ4n) is 1.25. The molecule has 1 aliphatic heterocycles.